The first-order chi connectivity index (χ1) is 6.02. The topological polar surface area (TPSA) is 12.0 Å². The minimum atomic E-state index is 1.07. The fraction of sp³-hybridized carbons (Fsp3) is 0.500. The first-order valence-corrected chi connectivity index (χ1v) is 4.74. The Morgan fingerprint density at radius 3 is 2.15 bits per heavy atom. The molecule has 0 saturated carbocycles. The summed E-state index contributed by atoms with van der Waals surface area (Å²) in [6.07, 6.45) is 3.26. The van der Waals surface area contributed by atoms with Gasteiger partial charge in [-0.05, 0) is 38.8 Å². The second-order valence-corrected chi connectivity index (χ2v) is 3.41. The van der Waals surface area contributed by atoms with Crippen LogP contribution in [0.2, 0.25) is 0 Å². The zero-order chi connectivity index (χ0) is 10.4. The molecule has 1 N–H and O–H groups in total. The Kier molecular flexibility index (Phi) is 5.20. The second-order valence-electron chi connectivity index (χ2n) is 3.41. The van der Waals surface area contributed by atoms with Crippen molar-refractivity contribution in [2.24, 2.45) is 0 Å². The smallest absolute Gasteiger partial charge is 0.0363 e. The van der Waals surface area contributed by atoms with Crippen molar-refractivity contribution in [1.29, 1.82) is 0 Å². The number of allylic oxidation sites excluding steroid dienone is 4. The maximum Gasteiger partial charge on any atom is 0.0363 e. The predicted molar refractivity (Wildman–Crippen MR) is 60.6 cm³/mol. The average Bonchev–Trinajstić information content (AvgIpc) is 2.11. The summed E-state index contributed by atoms with van der Waals surface area (Å²) < 4.78 is 0. The van der Waals surface area contributed by atoms with Crippen LogP contribution in [0.4, 0.5) is 0 Å². The van der Waals surface area contributed by atoms with E-state index in [0.717, 1.165) is 17.7 Å². The SMILES string of the molecule is C=C(C)/C(=C\C(C)=C(/C)CC)NC. The predicted octanol–water partition coefficient (Wildman–Crippen LogP) is 3.41. The monoisotopic (exact) mass is 179 g/mol. The Labute approximate surface area is 82.2 Å². The number of nitrogens with one attached hydrogen (secondary N) is 1. The highest BCUT2D eigenvalue weighted by molar-refractivity contribution is 5.34. The summed E-state index contributed by atoms with van der Waals surface area (Å²) in [6.45, 7) is 12.4. The molecule has 0 aliphatic heterocycles. The highest BCUT2D eigenvalue weighted by Crippen LogP contribution is 2.12. The molecule has 0 saturated heterocycles. The van der Waals surface area contributed by atoms with Crippen LogP contribution in [0.1, 0.15) is 34.1 Å². The summed E-state index contributed by atoms with van der Waals surface area (Å²) in [4.78, 5) is 0. The zero-order valence-electron chi connectivity index (χ0n) is 9.49. The summed E-state index contributed by atoms with van der Waals surface area (Å²) in [7, 11) is 1.93. The van der Waals surface area contributed by atoms with Gasteiger partial charge in [-0.1, -0.05) is 24.6 Å². The number of rotatable bonds is 4. The highest BCUT2D eigenvalue weighted by atomic mass is 14.8. The van der Waals surface area contributed by atoms with E-state index in [1.807, 2.05) is 14.0 Å². The lowest BCUT2D eigenvalue weighted by Crippen LogP contribution is -2.06. The van der Waals surface area contributed by atoms with Crippen molar-refractivity contribution < 1.29 is 0 Å². The standard InChI is InChI=1S/C12H21N/c1-7-10(4)11(5)8-12(13-6)9(2)3/h8,13H,2,7H2,1,3-6H3/b11-10+,12-8+. The normalized spacial score (nSPS) is 13.8. The zero-order valence-corrected chi connectivity index (χ0v) is 9.49. The molecule has 0 aliphatic carbocycles. The molecular weight excluding hydrogens is 158 g/mol. The molecular formula is C12H21N. The third kappa shape index (κ3) is 3.97. The maximum absolute atomic E-state index is 3.91. The minimum Gasteiger partial charge on any atom is -0.388 e. The van der Waals surface area contributed by atoms with E-state index in [1.54, 1.807) is 0 Å². The van der Waals surface area contributed by atoms with Crippen LogP contribution in [0.25, 0.3) is 0 Å². The van der Waals surface area contributed by atoms with E-state index in [0.29, 0.717) is 0 Å². The van der Waals surface area contributed by atoms with E-state index in [2.05, 4.69) is 38.7 Å². The van der Waals surface area contributed by atoms with Crippen molar-refractivity contribution in [3.8, 4) is 0 Å². The van der Waals surface area contributed by atoms with Crippen LogP contribution in [0, 0.1) is 0 Å². The van der Waals surface area contributed by atoms with Gasteiger partial charge in [-0.25, -0.2) is 0 Å². The molecule has 0 heterocycles. The summed E-state index contributed by atoms with van der Waals surface area (Å²) in [5.74, 6) is 0. The van der Waals surface area contributed by atoms with Crippen LogP contribution >= 0.6 is 0 Å². The van der Waals surface area contributed by atoms with Crippen molar-refractivity contribution in [1.82, 2.24) is 5.32 Å². The van der Waals surface area contributed by atoms with E-state index in [1.165, 1.54) is 11.1 Å². The number of hydrogen-bond acceptors (Lipinski definition) is 1. The quantitative estimate of drug-likeness (QED) is 0.652. The molecule has 1 nitrogen and oxygen atoms in total. The Bertz CT molecular complexity index is 244. The molecule has 0 rings (SSSR count). The molecule has 0 aromatic carbocycles. The van der Waals surface area contributed by atoms with Crippen molar-refractivity contribution >= 4 is 0 Å². The first kappa shape index (κ1) is 12.0. The van der Waals surface area contributed by atoms with Gasteiger partial charge in [0.1, 0.15) is 0 Å². The second kappa shape index (κ2) is 5.63. The van der Waals surface area contributed by atoms with Gasteiger partial charge in [-0.3, -0.25) is 0 Å². The molecule has 0 aromatic heterocycles. The third-order valence-electron chi connectivity index (χ3n) is 2.29. The van der Waals surface area contributed by atoms with E-state index >= 15 is 0 Å². The molecule has 0 fully saturated rings. The van der Waals surface area contributed by atoms with Gasteiger partial charge < -0.3 is 5.32 Å². The molecule has 1 heteroatoms. The Hall–Kier alpha value is -0.980. The fourth-order valence-electron chi connectivity index (χ4n) is 1.03. The molecule has 0 aliphatic rings. The highest BCUT2D eigenvalue weighted by Gasteiger charge is 1.96. The Morgan fingerprint density at radius 2 is 1.85 bits per heavy atom. The maximum atomic E-state index is 3.91. The van der Waals surface area contributed by atoms with E-state index < -0.39 is 0 Å². The molecule has 0 amide bonds. The van der Waals surface area contributed by atoms with Gasteiger partial charge in [0, 0.05) is 12.7 Å². The molecule has 13 heavy (non-hydrogen) atoms. The first-order valence-electron chi connectivity index (χ1n) is 4.74. The summed E-state index contributed by atoms with van der Waals surface area (Å²) >= 11 is 0. The van der Waals surface area contributed by atoms with E-state index in [4.69, 9.17) is 0 Å². The van der Waals surface area contributed by atoms with Gasteiger partial charge in [0.25, 0.3) is 0 Å². The van der Waals surface area contributed by atoms with Crippen molar-refractivity contribution in [2.45, 2.75) is 34.1 Å². The molecule has 0 spiro atoms. The van der Waals surface area contributed by atoms with E-state index in [9.17, 15) is 0 Å². The fourth-order valence-corrected chi connectivity index (χ4v) is 1.03. The van der Waals surface area contributed by atoms with Crippen LogP contribution in [-0.4, -0.2) is 7.05 Å². The van der Waals surface area contributed by atoms with Gasteiger partial charge in [0.15, 0.2) is 0 Å². The molecule has 0 aromatic rings. The van der Waals surface area contributed by atoms with Crippen LogP contribution in [0.3, 0.4) is 0 Å². The minimum absolute atomic E-state index is 1.07. The van der Waals surface area contributed by atoms with Gasteiger partial charge in [-0.2, -0.15) is 0 Å². The average molecular weight is 179 g/mol. The summed E-state index contributed by atoms with van der Waals surface area (Å²) in [5, 5.41) is 3.14. The van der Waals surface area contributed by atoms with Crippen molar-refractivity contribution in [2.75, 3.05) is 7.05 Å². The Morgan fingerprint density at radius 1 is 1.31 bits per heavy atom. The van der Waals surface area contributed by atoms with Crippen LogP contribution in [-0.2, 0) is 0 Å². The lowest BCUT2D eigenvalue weighted by molar-refractivity contribution is 0.990. The molecule has 0 atom stereocenters. The van der Waals surface area contributed by atoms with Crippen LogP contribution in [0.15, 0.2) is 35.1 Å². The van der Waals surface area contributed by atoms with E-state index in [-0.39, 0.29) is 0 Å². The summed E-state index contributed by atoms with van der Waals surface area (Å²) in [5.41, 5.74) is 4.94. The van der Waals surface area contributed by atoms with Crippen molar-refractivity contribution in [3.63, 3.8) is 0 Å². The molecule has 0 radical (unpaired) electrons. The molecule has 0 bridgehead atoms. The van der Waals surface area contributed by atoms with Crippen LogP contribution in [0.5, 0.6) is 0 Å². The van der Waals surface area contributed by atoms with Crippen molar-refractivity contribution in [3.05, 3.63) is 35.1 Å². The Balaban J connectivity index is 4.80. The van der Waals surface area contributed by atoms with Gasteiger partial charge >= 0.3 is 0 Å². The largest absolute Gasteiger partial charge is 0.388 e. The lowest BCUT2D eigenvalue weighted by atomic mass is 10.1. The molecule has 74 valence electrons. The van der Waals surface area contributed by atoms with Gasteiger partial charge in [0.05, 0.1) is 0 Å². The lowest BCUT2D eigenvalue weighted by Gasteiger charge is -2.07. The third-order valence-corrected chi connectivity index (χ3v) is 2.29. The summed E-state index contributed by atoms with van der Waals surface area (Å²) in [6, 6.07) is 0. The van der Waals surface area contributed by atoms with Crippen LogP contribution < -0.4 is 5.32 Å². The molecule has 0 unspecified atom stereocenters. The van der Waals surface area contributed by atoms with Gasteiger partial charge in [0.2, 0.25) is 0 Å². The van der Waals surface area contributed by atoms with Gasteiger partial charge in [-0.15, -0.1) is 0 Å². The number of hydrogen-bond donors (Lipinski definition) is 1. The number of likely N-dealkylation sites (N-methyl/N-ethyl adjacent to an activating group) is 1.